The maximum absolute atomic E-state index is 15.3. The third-order valence-electron chi connectivity index (χ3n) is 8.80. The summed E-state index contributed by atoms with van der Waals surface area (Å²) in [4.78, 5) is 19.3. The van der Waals surface area contributed by atoms with Crippen LogP contribution in [-0.4, -0.2) is 39.1 Å². The van der Waals surface area contributed by atoms with Gasteiger partial charge in [-0.3, -0.25) is 9.78 Å². The van der Waals surface area contributed by atoms with E-state index in [1.54, 1.807) is 47.9 Å². The van der Waals surface area contributed by atoms with Crippen molar-refractivity contribution in [2.45, 2.75) is 50.3 Å². The minimum atomic E-state index is -3.05. The lowest BCUT2D eigenvalue weighted by Gasteiger charge is -2.48. The highest BCUT2D eigenvalue weighted by Crippen LogP contribution is 2.54. The monoisotopic (exact) mass is 558 g/mol. The number of halogens is 3. The summed E-state index contributed by atoms with van der Waals surface area (Å²) in [5.41, 5.74) is 9.13. The molecule has 4 heterocycles. The molecule has 2 bridgehead atoms. The summed E-state index contributed by atoms with van der Waals surface area (Å²) in [5.74, 6) is -1.27. The first-order chi connectivity index (χ1) is 19.5. The molecule has 11 heteroatoms. The average molecular weight is 559 g/mol. The minimum Gasteiger partial charge on any atom is -0.434 e. The van der Waals surface area contributed by atoms with Crippen LogP contribution >= 0.6 is 0 Å². The molecular formula is C30H25F3N6O2. The molecule has 3 aliphatic rings. The van der Waals surface area contributed by atoms with Gasteiger partial charge >= 0.3 is 6.61 Å². The van der Waals surface area contributed by atoms with E-state index in [1.807, 2.05) is 6.07 Å². The van der Waals surface area contributed by atoms with Crippen molar-refractivity contribution in [2.75, 3.05) is 7.05 Å². The second-order valence-electron chi connectivity index (χ2n) is 11.6. The van der Waals surface area contributed by atoms with Gasteiger partial charge in [0.2, 0.25) is 0 Å². The lowest BCUT2D eigenvalue weighted by atomic mass is 9.58. The van der Waals surface area contributed by atoms with E-state index in [-0.39, 0.29) is 23.4 Å². The molecule has 2 atom stereocenters. The highest BCUT2D eigenvalue weighted by Gasteiger charge is 2.53. The third kappa shape index (κ3) is 3.67. The molecular weight excluding hydrogens is 533 g/mol. The third-order valence-corrected chi connectivity index (χ3v) is 8.80. The Morgan fingerprint density at radius 3 is 2.68 bits per heavy atom. The van der Waals surface area contributed by atoms with Crippen LogP contribution in [0, 0.1) is 22.6 Å². The summed E-state index contributed by atoms with van der Waals surface area (Å²) in [5, 5.41) is 14.1. The number of hydrogen-bond acceptors (Lipinski definition) is 6. The number of ether oxygens (including phenoxy) is 1. The predicted octanol–water partition coefficient (Wildman–Crippen LogP) is 5.28. The maximum atomic E-state index is 15.3. The molecule has 4 aromatic rings. The van der Waals surface area contributed by atoms with Crippen LogP contribution in [0.2, 0.25) is 0 Å². The molecule has 0 radical (unpaired) electrons. The number of benzene rings is 1. The van der Waals surface area contributed by atoms with Gasteiger partial charge in [0.15, 0.2) is 0 Å². The van der Waals surface area contributed by atoms with Gasteiger partial charge in [-0.25, -0.2) is 8.91 Å². The Bertz CT molecular complexity index is 1810. The fourth-order valence-electron chi connectivity index (χ4n) is 7.09. The zero-order chi connectivity index (χ0) is 28.8. The Kier molecular flexibility index (Phi) is 5.32. The number of nitriles is 1. The fourth-order valence-corrected chi connectivity index (χ4v) is 7.09. The molecule has 0 saturated heterocycles. The lowest BCUT2D eigenvalue weighted by Crippen LogP contribution is -2.54. The summed E-state index contributed by atoms with van der Waals surface area (Å²) in [7, 11) is 1.69. The van der Waals surface area contributed by atoms with Crippen LogP contribution in [0.25, 0.3) is 16.6 Å². The highest BCUT2D eigenvalue weighted by molar-refractivity contribution is 5.98. The van der Waals surface area contributed by atoms with Crippen LogP contribution in [0.4, 0.5) is 13.2 Å². The van der Waals surface area contributed by atoms with E-state index in [0.29, 0.717) is 52.7 Å². The van der Waals surface area contributed by atoms with Crippen LogP contribution in [0.1, 0.15) is 71.0 Å². The predicted molar refractivity (Wildman–Crippen MR) is 142 cm³/mol. The molecule has 41 heavy (non-hydrogen) atoms. The Morgan fingerprint density at radius 1 is 1.20 bits per heavy atom. The molecule has 7 rings (SSSR count). The average Bonchev–Trinajstić information content (AvgIpc) is 3.44. The summed E-state index contributed by atoms with van der Waals surface area (Å²) in [6, 6.07) is 11.6. The van der Waals surface area contributed by atoms with Gasteiger partial charge in [0.1, 0.15) is 11.6 Å². The van der Waals surface area contributed by atoms with E-state index in [2.05, 4.69) is 11.1 Å². The molecule has 2 unspecified atom stereocenters. The normalized spacial score (nSPS) is 26.4. The fraction of sp³-hybridized carbons (Fsp3) is 0.333. The lowest BCUT2D eigenvalue weighted by molar-refractivity contribution is -0.0505. The van der Waals surface area contributed by atoms with Crippen molar-refractivity contribution in [2.24, 2.45) is 11.1 Å². The Labute approximate surface area is 233 Å². The molecule has 1 amide bonds. The summed E-state index contributed by atoms with van der Waals surface area (Å²) >= 11 is 0. The number of hydrogen-bond donors (Lipinski definition) is 1. The zero-order valence-corrected chi connectivity index (χ0v) is 22.2. The van der Waals surface area contributed by atoms with Crippen LogP contribution in [0.15, 0.2) is 48.8 Å². The van der Waals surface area contributed by atoms with Crippen molar-refractivity contribution >= 4 is 11.4 Å². The molecule has 2 aliphatic carbocycles. The number of carbonyl (C=O) groups excluding carboxylic acids is 1. The van der Waals surface area contributed by atoms with Gasteiger partial charge in [-0.15, -0.1) is 0 Å². The number of carbonyl (C=O) groups is 1. The standard InChI is InChI=1S/C30H25F3N6O2/c1-29(14-34)12-30(35,13-29)26-19(31)8-16(11-36-26)15-6-7-39-20(9-15)24-18-10-21(25(24)37-39)38(2)27(40)17-4-3-5-22(23(17)18)41-28(32)33/h3-9,11,18,21,28H,10,12-13,35H2,1-2H3. The van der Waals surface area contributed by atoms with Crippen LogP contribution in [0.5, 0.6) is 5.75 Å². The van der Waals surface area contributed by atoms with Crippen molar-refractivity contribution in [3.05, 3.63) is 82.7 Å². The van der Waals surface area contributed by atoms with Gasteiger partial charge in [0, 0.05) is 47.6 Å². The Hall–Kier alpha value is -4.43. The smallest absolute Gasteiger partial charge is 0.387 e. The van der Waals surface area contributed by atoms with E-state index >= 15 is 4.39 Å². The van der Waals surface area contributed by atoms with Gasteiger partial charge in [0.05, 0.1) is 40.0 Å². The number of alkyl halides is 2. The topological polar surface area (TPSA) is 110 Å². The van der Waals surface area contributed by atoms with Crippen molar-refractivity contribution in [1.82, 2.24) is 19.5 Å². The number of nitrogens with zero attached hydrogens (tertiary/aromatic N) is 5. The largest absolute Gasteiger partial charge is 0.434 e. The van der Waals surface area contributed by atoms with E-state index in [1.165, 1.54) is 18.2 Å². The summed E-state index contributed by atoms with van der Waals surface area (Å²) in [6.45, 7) is -1.24. The van der Waals surface area contributed by atoms with Crippen molar-refractivity contribution < 1.29 is 22.7 Å². The molecule has 0 spiro atoms. The number of amides is 1. The number of rotatable bonds is 4. The number of nitrogens with two attached hydrogens (primary N) is 1. The summed E-state index contributed by atoms with van der Waals surface area (Å²) in [6.07, 6.45) is 4.44. The van der Waals surface area contributed by atoms with Crippen LogP contribution in [0.3, 0.4) is 0 Å². The van der Waals surface area contributed by atoms with Gasteiger partial charge < -0.3 is 15.4 Å². The summed E-state index contributed by atoms with van der Waals surface area (Å²) < 4.78 is 48.6. The molecule has 1 aromatic carbocycles. The molecule has 1 saturated carbocycles. The van der Waals surface area contributed by atoms with Gasteiger partial charge in [-0.05, 0) is 62.1 Å². The van der Waals surface area contributed by atoms with E-state index in [9.17, 15) is 18.8 Å². The first-order valence-electron chi connectivity index (χ1n) is 13.3. The van der Waals surface area contributed by atoms with Crippen LogP contribution < -0.4 is 10.5 Å². The van der Waals surface area contributed by atoms with Gasteiger partial charge in [-0.2, -0.15) is 19.1 Å². The molecule has 1 fully saturated rings. The Morgan fingerprint density at radius 2 is 1.98 bits per heavy atom. The van der Waals surface area contributed by atoms with Crippen molar-refractivity contribution in [1.29, 1.82) is 5.26 Å². The number of pyridine rings is 2. The zero-order valence-electron chi connectivity index (χ0n) is 22.2. The number of fused-ring (bicyclic) bond motifs is 9. The van der Waals surface area contributed by atoms with Crippen molar-refractivity contribution in [3.8, 4) is 22.9 Å². The van der Waals surface area contributed by atoms with E-state index in [0.717, 1.165) is 5.56 Å². The molecule has 3 aromatic heterocycles. The first-order valence-corrected chi connectivity index (χ1v) is 13.3. The van der Waals surface area contributed by atoms with E-state index in [4.69, 9.17) is 15.6 Å². The Balaban J connectivity index is 1.33. The maximum Gasteiger partial charge on any atom is 0.387 e. The van der Waals surface area contributed by atoms with Gasteiger partial charge in [0.25, 0.3) is 5.91 Å². The number of aromatic nitrogens is 3. The second kappa shape index (κ2) is 8.54. The molecule has 8 nitrogen and oxygen atoms in total. The quantitative estimate of drug-likeness (QED) is 0.365. The molecule has 208 valence electrons. The van der Waals surface area contributed by atoms with Crippen LogP contribution in [-0.2, 0) is 5.54 Å². The highest BCUT2D eigenvalue weighted by atomic mass is 19.3. The SMILES string of the molecule is CN1C(=O)c2cccc(OC(F)F)c2C2CC1c1nn3ccc(-c4cnc(C5(N)CC(C)(C#N)C5)c(F)c4)cc3c12. The first kappa shape index (κ1) is 25.5. The van der Waals surface area contributed by atoms with Crippen molar-refractivity contribution in [3.63, 3.8) is 0 Å². The van der Waals surface area contributed by atoms with Gasteiger partial charge in [-0.1, -0.05) is 6.07 Å². The molecule has 2 N–H and O–H groups in total. The molecule has 1 aliphatic heterocycles. The second-order valence-corrected chi connectivity index (χ2v) is 11.6. The minimum absolute atomic E-state index is 0.0330. The van der Waals surface area contributed by atoms with E-state index < -0.39 is 29.3 Å².